The molecule has 0 aliphatic rings. The fraction of sp³-hybridized carbons (Fsp3) is 0.158. The highest BCUT2D eigenvalue weighted by Gasteiger charge is 2.27. The van der Waals surface area contributed by atoms with Crippen molar-refractivity contribution in [2.24, 2.45) is 0 Å². The molecule has 0 saturated heterocycles. The molecule has 3 aromatic rings. The van der Waals surface area contributed by atoms with Gasteiger partial charge in [-0.2, -0.15) is 5.10 Å². The lowest BCUT2D eigenvalue weighted by Gasteiger charge is -2.17. The summed E-state index contributed by atoms with van der Waals surface area (Å²) in [6.07, 6.45) is -1.61. The van der Waals surface area contributed by atoms with Gasteiger partial charge in [-0.05, 0) is 24.3 Å². The van der Waals surface area contributed by atoms with Gasteiger partial charge in [0.15, 0.2) is 0 Å². The van der Waals surface area contributed by atoms with Crippen LogP contribution in [0, 0.1) is 0 Å². The zero-order valence-electron chi connectivity index (χ0n) is 14.6. The Kier molecular flexibility index (Phi) is 5.96. The molecule has 0 radical (unpaired) electrons. The van der Waals surface area contributed by atoms with Crippen molar-refractivity contribution in [2.45, 2.75) is 12.5 Å². The number of nitrogens with one attached hydrogen (secondary N) is 1. The molecule has 0 bridgehead atoms. The van der Waals surface area contributed by atoms with Gasteiger partial charge in [-0.25, -0.2) is 9.89 Å². The molecule has 0 aliphatic heterocycles. The number of fused-ring (bicyclic) bond motifs is 1. The van der Waals surface area contributed by atoms with Crippen LogP contribution in [0.4, 0.5) is 0 Å². The van der Waals surface area contributed by atoms with E-state index in [9.17, 15) is 14.4 Å². The molecule has 0 amide bonds. The van der Waals surface area contributed by atoms with Crippen molar-refractivity contribution in [1.82, 2.24) is 10.2 Å². The van der Waals surface area contributed by atoms with Gasteiger partial charge in [0.2, 0.25) is 6.10 Å². The molecule has 1 atom stereocenters. The lowest BCUT2D eigenvalue weighted by atomic mass is 10.1. The van der Waals surface area contributed by atoms with Crippen LogP contribution in [0.2, 0.25) is 10.0 Å². The van der Waals surface area contributed by atoms with Crippen molar-refractivity contribution in [3.63, 3.8) is 0 Å². The standard InChI is InChI=1S/C19H14Cl2N2O5/c1-27-19(26)17(10-6-11(20)8-12(21)7-10)28-16(24)9-15-13-4-2-3-5-14(13)18(25)23-22-15/h2-8,17H,9H2,1H3,(H,23,25). The summed E-state index contributed by atoms with van der Waals surface area (Å²) in [4.78, 5) is 36.5. The largest absolute Gasteiger partial charge is 0.466 e. The molecule has 1 aromatic heterocycles. The number of aromatic nitrogens is 2. The van der Waals surface area contributed by atoms with E-state index in [1.54, 1.807) is 24.3 Å². The van der Waals surface area contributed by atoms with Crippen LogP contribution < -0.4 is 5.56 Å². The van der Waals surface area contributed by atoms with Gasteiger partial charge in [0.05, 0.1) is 24.6 Å². The van der Waals surface area contributed by atoms with Crippen LogP contribution in [0.25, 0.3) is 10.8 Å². The summed E-state index contributed by atoms with van der Waals surface area (Å²) in [6, 6.07) is 11.1. The van der Waals surface area contributed by atoms with E-state index in [2.05, 4.69) is 10.2 Å². The molecule has 1 unspecified atom stereocenters. The van der Waals surface area contributed by atoms with Gasteiger partial charge in [0.1, 0.15) is 0 Å². The predicted octanol–water partition coefficient (Wildman–Crippen LogP) is 3.23. The third kappa shape index (κ3) is 4.32. The van der Waals surface area contributed by atoms with Crippen molar-refractivity contribution < 1.29 is 19.1 Å². The van der Waals surface area contributed by atoms with Crippen LogP contribution >= 0.6 is 23.2 Å². The van der Waals surface area contributed by atoms with Gasteiger partial charge in [-0.1, -0.05) is 41.4 Å². The second kappa shape index (κ2) is 8.41. The lowest BCUT2D eigenvalue weighted by Crippen LogP contribution is -2.23. The predicted molar refractivity (Wildman–Crippen MR) is 103 cm³/mol. The van der Waals surface area contributed by atoms with E-state index in [-0.39, 0.29) is 27.6 Å². The summed E-state index contributed by atoms with van der Waals surface area (Å²) in [7, 11) is 1.17. The van der Waals surface area contributed by atoms with Crippen LogP contribution in [-0.4, -0.2) is 29.2 Å². The number of benzene rings is 2. The highest BCUT2D eigenvalue weighted by molar-refractivity contribution is 6.34. The third-order valence-electron chi connectivity index (χ3n) is 3.94. The lowest BCUT2D eigenvalue weighted by molar-refractivity contribution is -0.166. The summed E-state index contributed by atoms with van der Waals surface area (Å²) in [5, 5.41) is 7.73. The number of H-pyrrole nitrogens is 1. The average Bonchev–Trinajstić information content (AvgIpc) is 2.67. The minimum atomic E-state index is -1.34. The molecule has 2 aromatic carbocycles. The molecular formula is C19H14Cl2N2O5. The summed E-state index contributed by atoms with van der Waals surface area (Å²) in [5.74, 6) is -1.53. The first-order chi connectivity index (χ1) is 13.4. The second-order valence-electron chi connectivity index (χ2n) is 5.82. The van der Waals surface area contributed by atoms with E-state index in [1.165, 1.54) is 25.3 Å². The minimum absolute atomic E-state index is 0.265. The molecule has 3 rings (SSSR count). The Morgan fingerprint density at radius 2 is 1.75 bits per heavy atom. The van der Waals surface area contributed by atoms with Gasteiger partial charge in [-0.15, -0.1) is 0 Å². The van der Waals surface area contributed by atoms with Gasteiger partial charge < -0.3 is 9.47 Å². The molecule has 0 spiro atoms. The first-order valence-corrected chi connectivity index (χ1v) is 8.84. The Balaban J connectivity index is 1.88. The highest BCUT2D eigenvalue weighted by atomic mass is 35.5. The van der Waals surface area contributed by atoms with Crippen molar-refractivity contribution in [2.75, 3.05) is 7.11 Å². The van der Waals surface area contributed by atoms with Gasteiger partial charge in [-0.3, -0.25) is 9.59 Å². The molecular weight excluding hydrogens is 407 g/mol. The topological polar surface area (TPSA) is 98.3 Å². The Morgan fingerprint density at radius 1 is 1.11 bits per heavy atom. The number of nitrogens with zero attached hydrogens (tertiary/aromatic N) is 1. The van der Waals surface area contributed by atoms with Crippen LogP contribution in [0.1, 0.15) is 17.4 Å². The third-order valence-corrected chi connectivity index (χ3v) is 4.38. The smallest absolute Gasteiger partial charge is 0.351 e. The number of hydrogen-bond acceptors (Lipinski definition) is 6. The number of carbonyl (C=O) groups is 2. The van der Waals surface area contributed by atoms with E-state index >= 15 is 0 Å². The number of aromatic amines is 1. The molecule has 0 fully saturated rings. The van der Waals surface area contributed by atoms with Gasteiger partial charge >= 0.3 is 11.9 Å². The van der Waals surface area contributed by atoms with E-state index in [0.29, 0.717) is 16.5 Å². The van der Waals surface area contributed by atoms with E-state index < -0.39 is 18.0 Å². The zero-order valence-corrected chi connectivity index (χ0v) is 16.1. The number of halogens is 2. The minimum Gasteiger partial charge on any atom is -0.466 e. The summed E-state index contributed by atoms with van der Waals surface area (Å²) in [5.41, 5.74) is 0.221. The fourth-order valence-electron chi connectivity index (χ4n) is 2.70. The molecule has 1 N–H and O–H groups in total. The van der Waals surface area contributed by atoms with Crippen LogP contribution in [0.3, 0.4) is 0 Å². The number of rotatable bonds is 5. The number of carbonyl (C=O) groups excluding carboxylic acids is 2. The molecule has 9 heteroatoms. The van der Waals surface area contributed by atoms with E-state index in [1.807, 2.05) is 0 Å². The van der Waals surface area contributed by atoms with Gasteiger partial charge in [0, 0.05) is 21.0 Å². The quantitative estimate of drug-likeness (QED) is 0.636. The maximum absolute atomic E-state index is 12.5. The van der Waals surface area contributed by atoms with Crippen molar-refractivity contribution in [3.8, 4) is 0 Å². The number of hydrogen-bond donors (Lipinski definition) is 1. The first-order valence-electron chi connectivity index (χ1n) is 8.08. The number of methoxy groups -OCH3 is 1. The van der Waals surface area contributed by atoms with Crippen LogP contribution in [-0.2, 0) is 25.5 Å². The Hall–Kier alpha value is -2.90. The normalized spacial score (nSPS) is 11.8. The fourth-order valence-corrected chi connectivity index (χ4v) is 3.24. The molecule has 0 aliphatic carbocycles. The number of esters is 2. The average molecular weight is 421 g/mol. The van der Waals surface area contributed by atoms with E-state index in [0.717, 1.165) is 0 Å². The van der Waals surface area contributed by atoms with Crippen molar-refractivity contribution >= 4 is 45.9 Å². The second-order valence-corrected chi connectivity index (χ2v) is 6.69. The first kappa shape index (κ1) is 19.9. The Bertz CT molecular complexity index is 1090. The Labute approximate surface area is 169 Å². The van der Waals surface area contributed by atoms with Crippen LogP contribution in [0.15, 0.2) is 47.3 Å². The number of ether oxygens (including phenoxy) is 2. The SMILES string of the molecule is COC(=O)C(OC(=O)Cc1n[nH]c(=O)c2ccccc12)c1cc(Cl)cc(Cl)c1. The zero-order chi connectivity index (χ0) is 20.3. The van der Waals surface area contributed by atoms with E-state index in [4.69, 9.17) is 32.7 Å². The molecule has 1 heterocycles. The maximum atomic E-state index is 12.5. The summed E-state index contributed by atoms with van der Waals surface area (Å²) >= 11 is 11.9. The molecule has 28 heavy (non-hydrogen) atoms. The molecule has 144 valence electrons. The monoisotopic (exact) mass is 420 g/mol. The molecule has 7 nitrogen and oxygen atoms in total. The Morgan fingerprint density at radius 3 is 2.39 bits per heavy atom. The summed E-state index contributed by atoms with van der Waals surface area (Å²) in [6.45, 7) is 0. The molecule has 0 saturated carbocycles. The van der Waals surface area contributed by atoms with Gasteiger partial charge in [0.25, 0.3) is 5.56 Å². The van der Waals surface area contributed by atoms with Crippen LogP contribution in [0.5, 0.6) is 0 Å². The van der Waals surface area contributed by atoms with Crippen molar-refractivity contribution in [3.05, 3.63) is 74.1 Å². The highest BCUT2D eigenvalue weighted by Crippen LogP contribution is 2.27. The maximum Gasteiger partial charge on any atom is 0.351 e. The summed E-state index contributed by atoms with van der Waals surface area (Å²) < 4.78 is 10.0. The van der Waals surface area contributed by atoms with Crippen molar-refractivity contribution in [1.29, 1.82) is 0 Å².